The SMILES string of the molecule is Cc1nc([C@H](C)NC(=O)c2cc(C(F)(F)F)cc(C(F)(F)F)c2)n(-c2ccc(C(=O)N(C)C3CC3)cn2)n1. The Morgan fingerprint density at radius 2 is 1.63 bits per heavy atom. The van der Waals surface area contributed by atoms with E-state index in [1.54, 1.807) is 24.9 Å². The van der Waals surface area contributed by atoms with Crippen LogP contribution in [0.1, 0.15) is 69.3 Å². The second kappa shape index (κ2) is 9.72. The Bertz CT molecular complexity index is 1330. The molecule has 1 aliphatic rings. The number of hydrogen-bond acceptors (Lipinski definition) is 5. The van der Waals surface area contributed by atoms with Crippen LogP contribution in [-0.2, 0) is 12.4 Å². The summed E-state index contributed by atoms with van der Waals surface area (Å²) < 4.78 is 80.4. The molecule has 8 nitrogen and oxygen atoms in total. The fourth-order valence-electron chi connectivity index (χ4n) is 3.78. The molecule has 0 aliphatic heterocycles. The van der Waals surface area contributed by atoms with E-state index in [2.05, 4.69) is 20.4 Å². The van der Waals surface area contributed by atoms with Crippen molar-refractivity contribution in [2.45, 2.75) is 51.1 Å². The van der Waals surface area contributed by atoms with Crippen molar-refractivity contribution in [3.63, 3.8) is 0 Å². The lowest BCUT2D eigenvalue weighted by atomic mass is 10.0. The number of nitrogens with zero attached hydrogens (tertiary/aromatic N) is 5. The first-order chi connectivity index (χ1) is 17.6. The van der Waals surface area contributed by atoms with Crippen LogP contribution in [0.4, 0.5) is 26.3 Å². The molecule has 14 heteroatoms. The third-order valence-electron chi connectivity index (χ3n) is 5.95. The van der Waals surface area contributed by atoms with Gasteiger partial charge in [-0.05, 0) is 57.0 Å². The maximum Gasteiger partial charge on any atom is 0.416 e. The predicted molar refractivity (Wildman–Crippen MR) is 121 cm³/mol. The molecular formula is C24H22F6N6O2. The van der Waals surface area contributed by atoms with E-state index in [0.29, 0.717) is 17.7 Å². The Hall–Kier alpha value is -3.97. The molecule has 0 radical (unpaired) electrons. The van der Waals surface area contributed by atoms with Gasteiger partial charge in [0.1, 0.15) is 5.82 Å². The van der Waals surface area contributed by atoms with Crippen LogP contribution < -0.4 is 5.32 Å². The zero-order valence-corrected chi connectivity index (χ0v) is 20.4. The number of carbonyl (C=O) groups excluding carboxylic acids is 2. The summed E-state index contributed by atoms with van der Waals surface area (Å²) in [7, 11) is 1.71. The van der Waals surface area contributed by atoms with E-state index in [9.17, 15) is 35.9 Å². The number of amides is 2. The van der Waals surface area contributed by atoms with Crippen molar-refractivity contribution in [1.82, 2.24) is 30.0 Å². The Kier molecular flexibility index (Phi) is 6.93. The molecule has 1 aromatic carbocycles. The summed E-state index contributed by atoms with van der Waals surface area (Å²) in [6, 6.07) is 2.93. The van der Waals surface area contributed by atoms with Crippen molar-refractivity contribution in [2.24, 2.45) is 0 Å². The molecule has 202 valence electrons. The van der Waals surface area contributed by atoms with Gasteiger partial charge < -0.3 is 10.2 Å². The van der Waals surface area contributed by atoms with Crippen molar-refractivity contribution in [2.75, 3.05) is 7.05 Å². The summed E-state index contributed by atoms with van der Waals surface area (Å²) in [5.41, 5.74) is -3.67. The lowest BCUT2D eigenvalue weighted by molar-refractivity contribution is -0.143. The van der Waals surface area contributed by atoms with Crippen LogP contribution >= 0.6 is 0 Å². The highest BCUT2D eigenvalue weighted by molar-refractivity contribution is 5.95. The van der Waals surface area contributed by atoms with Gasteiger partial charge in [-0.3, -0.25) is 9.59 Å². The summed E-state index contributed by atoms with van der Waals surface area (Å²) in [5, 5.41) is 6.59. The molecule has 0 bridgehead atoms. The highest BCUT2D eigenvalue weighted by Crippen LogP contribution is 2.36. The standard InChI is InChI=1S/C24H22F6N6O2/c1-12(32-21(37)15-8-16(23(25,26)27)10-17(9-15)24(28,29)30)20-33-13(2)34-36(20)19-7-4-14(11-31-19)22(38)35(3)18-5-6-18/h4,7-12,18H,5-6H2,1-3H3,(H,32,37)/t12-/m0/s1. The summed E-state index contributed by atoms with van der Waals surface area (Å²) in [6.45, 7) is 3.00. The van der Waals surface area contributed by atoms with Crippen molar-refractivity contribution < 1.29 is 35.9 Å². The number of aryl methyl sites for hydroxylation is 1. The topological polar surface area (TPSA) is 93.0 Å². The molecule has 0 spiro atoms. The van der Waals surface area contributed by atoms with Crippen molar-refractivity contribution in [1.29, 1.82) is 0 Å². The van der Waals surface area contributed by atoms with Crippen LogP contribution in [0.2, 0.25) is 0 Å². The minimum absolute atomic E-state index is 0.0529. The van der Waals surface area contributed by atoms with Crippen LogP contribution in [0.15, 0.2) is 36.5 Å². The molecule has 2 amide bonds. The van der Waals surface area contributed by atoms with Gasteiger partial charge in [-0.1, -0.05) is 0 Å². The molecular weight excluding hydrogens is 518 g/mol. The van der Waals surface area contributed by atoms with Crippen molar-refractivity contribution in [3.8, 4) is 5.82 Å². The molecule has 0 unspecified atom stereocenters. The molecule has 4 rings (SSSR count). The first-order valence-electron chi connectivity index (χ1n) is 11.4. The maximum atomic E-state index is 13.2. The lowest BCUT2D eigenvalue weighted by Crippen LogP contribution is -2.30. The smallest absolute Gasteiger partial charge is 0.342 e. The van der Waals surface area contributed by atoms with Gasteiger partial charge in [0.2, 0.25) is 0 Å². The summed E-state index contributed by atoms with van der Waals surface area (Å²) >= 11 is 0. The molecule has 3 aromatic rings. The number of benzene rings is 1. The zero-order valence-electron chi connectivity index (χ0n) is 20.4. The van der Waals surface area contributed by atoms with E-state index in [4.69, 9.17) is 0 Å². The Labute approximate surface area is 212 Å². The van der Waals surface area contributed by atoms with Gasteiger partial charge in [-0.2, -0.15) is 31.0 Å². The average Bonchev–Trinajstić information content (AvgIpc) is 3.62. The Balaban J connectivity index is 1.58. The van der Waals surface area contributed by atoms with Gasteiger partial charge in [0.05, 0.1) is 22.7 Å². The number of rotatable bonds is 6. The Morgan fingerprint density at radius 3 is 2.13 bits per heavy atom. The minimum Gasteiger partial charge on any atom is -0.342 e. The van der Waals surface area contributed by atoms with E-state index in [1.165, 1.54) is 23.9 Å². The molecule has 1 N–H and O–H groups in total. The maximum absolute atomic E-state index is 13.2. The van der Waals surface area contributed by atoms with Crippen LogP contribution in [0, 0.1) is 6.92 Å². The molecule has 1 fully saturated rings. The third-order valence-corrected chi connectivity index (χ3v) is 5.95. The third kappa shape index (κ3) is 5.78. The van der Waals surface area contributed by atoms with E-state index >= 15 is 0 Å². The number of aromatic nitrogens is 4. The first-order valence-corrected chi connectivity index (χ1v) is 11.4. The van der Waals surface area contributed by atoms with E-state index in [0.717, 1.165) is 12.8 Å². The van der Waals surface area contributed by atoms with E-state index in [-0.39, 0.29) is 35.5 Å². The fourth-order valence-corrected chi connectivity index (χ4v) is 3.78. The Morgan fingerprint density at radius 1 is 1.03 bits per heavy atom. The predicted octanol–water partition coefficient (Wildman–Crippen LogP) is 4.73. The van der Waals surface area contributed by atoms with Crippen LogP contribution in [0.3, 0.4) is 0 Å². The number of halogens is 6. The van der Waals surface area contributed by atoms with E-state index in [1.807, 2.05) is 0 Å². The number of carbonyl (C=O) groups is 2. The second-order valence-electron chi connectivity index (χ2n) is 8.97. The lowest BCUT2D eigenvalue weighted by Gasteiger charge is -2.17. The monoisotopic (exact) mass is 540 g/mol. The van der Waals surface area contributed by atoms with Crippen LogP contribution in [0.25, 0.3) is 5.82 Å². The van der Waals surface area contributed by atoms with Gasteiger partial charge in [-0.15, -0.1) is 5.10 Å². The van der Waals surface area contributed by atoms with Gasteiger partial charge in [0.25, 0.3) is 11.8 Å². The first kappa shape index (κ1) is 27.1. The number of pyridine rings is 1. The molecule has 1 atom stereocenters. The number of alkyl halides is 6. The summed E-state index contributed by atoms with van der Waals surface area (Å²) in [6.07, 6.45) is -6.94. The van der Waals surface area contributed by atoms with Crippen LogP contribution in [-0.4, -0.2) is 49.6 Å². The van der Waals surface area contributed by atoms with Gasteiger partial charge >= 0.3 is 12.4 Å². The molecule has 0 saturated heterocycles. The quantitative estimate of drug-likeness (QED) is 0.457. The summed E-state index contributed by atoms with van der Waals surface area (Å²) in [5.74, 6) is -0.721. The van der Waals surface area contributed by atoms with Crippen LogP contribution in [0.5, 0.6) is 0 Å². The van der Waals surface area contributed by atoms with Crippen molar-refractivity contribution in [3.05, 3.63) is 70.4 Å². The van der Waals surface area contributed by atoms with E-state index < -0.39 is 41.0 Å². The molecule has 1 saturated carbocycles. The molecule has 2 heterocycles. The van der Waals surface area contributed by atoms with Gasteiger partial charge in [0, 0.05) is 24.8 Å². The zero-order chi connectivity index (χ0) is 28.0. The highest BCUT2D eigenvalue weighted by Gasteiger charge is 2.38. The number of hydrogen-bond donors (Lipinski definition) is 1. The summed E-state index contributed by atoms with van der Waals surface area (Å²) in [4.78, 5) is 35.4. The average molecular weight is 540 g/mol. The minimum atomic E-state index is -5.09. The molecule has 38 heavy (non-hydrogen) atoms. The van der Waals surface area contributed by atoms with Gasteiger partial charge in [-0.25, -0.2) is 9.97 Å². The number of nitrogens with one attached hydrogen (secondary N) is 1. The molecule has 1 aliphatic carbocycles. The second-order valence-corrected chi connectivity index (χ2v) is 8.97. The largest absolute Gasteiger partial charge is 0.416 e. The molecule has 2 aromatic heterocycles. The normalized spacial score (nSPS) is 14.8. The van der Waals surface area contributed by atoms with Gasteiger partial charge in [0.15, 0.2) is 11.6 Å². The fraction of sp³-hybridized carbons (Fsp3) is 0.375. The van der Waals surface area contributed by atoms with Crippen molar-refractivity contribution >= 4 is 11.8 Å². The highest BCUT2D eigenvalue weighted by atomic mass is 19.4.